The third-order valence-corrected chi connectivity index (χ3v) is 4.30. The van der Waals surface area contributed by atoms with Gasteiger partial charge in [-0.1, -0.05) is 17.3 Å². The molecule has 0 atom stereocenters. The summed E-state index contributed by atoms with van der Waals surface area (Å²) in [4.78, 5) is 11.4. The predicted molar refractivity (Wildman–Crippen MR) is 97.6 cm³/mol. The highest BCUT2D eigenvalue weighted by Gasteiger charge is 2.16. The Kier molecular flexibility index (Phi) is 4.31. The van der Waals surface area contributed by atoms with Crippen molar-refractivity contribution in [3.8, 4) is 11.1 Å². The van der Waals surface area contributed by atoms with E-state index in [0.717, 1.165) is 39.4 Å². The van der Waals surface area contributed by atoms with E-state index >= 15 is 0 Å². The Morgan fingerprint density at radius 3 is 2.40 bits per heavy atom. The first-order valence-electron chi connectivity index (χ1n) is 8.02. The first-order valence-corrected chi connectivity index (χ1v) is 8.02. The molecule has 0 aliphatic carbocycles. The van der Waals surface area contributed by atoms with Gasteiger partial charge in [-0.05, 0) is 68.7 Å². The minimum atomic E-state index is -0.954. The SMILES string of the molecule is Cc1cc(-c2c(C)noc2C)c(C)cc1Nc1ccccc1C(=O)O. The summed E-state index contributed by atoms with van der Waals surface area (Å²) in [5.74, 6) is -0.165. The van der Waals surface area contributed by atoms with Crippen LogP contribution < -0.4 is 5.32 Å². The van der Waals surface area contributed by atoms with Gasteiger partial charge in [0.1, 0.15) is 5.76 Å². The Labute approximate surface area is 146 Å². The quantitative estimate of drug-likeness (QED) is 0.700. The second-order valence-electron chi connectivity index (χ2n) is 6.16. The Bertz CT molecular complexity index is 938. The molecule has 0 amide bonds. The van der Waals surface area contributed by atoms with Crippen LogP contribution in [0.3, 0.4) is 0 Å². The lowest BCUT2D eigenvalue weighted by atomic mass is 9.96. The van der Waals surface area contributed by atoms with Gasteiger partial charge in [0, 0.05) is 11.3 Å². The number of aromatic nitrogens is 1. The molecule has 0 fully saturated rings. The fourth-order valence-corrected chi connectivity index (χ4v) is 3.01. The number of hydrogen-bond acceptors (Lipinski definition) is 4. The summed E-state index contributed by atoms with van der Waals surface area (Å²) < 4.78 is 5.28. The summed E-state index contributed by atoms with van der Waals surface area (Å²) in [5.41, 5.74) is 6.72. The lowest BCUT2D eigenvalue weighted by Crippen LogP contribution is -2.03. The third kappa shape index (κ3) is 3.13. The highest BCUT2D eigenvalue weighted by Crippen LogP contribution is 2.34. The summed E-state index contributed by atoms with van der Waals surface area (Å²) in [7, 11) is 0. The van der Waals surface area contributed by atoms with E-state index in [4.69, 9.17) is 4.52 Å². The molecule has 0 saturated carbocycles. The number of hydrogen-bond donors (Lipinski definition) is 2. The van der Waals surface area contributed by atoms with Crippen molar-refractivity contribution in [2.75, 3.05) is 5.32 Å². The van der Waals surface area contributed by atoms with Crippen molar-refractivity contribution in [1.29, 1.82) is 0 Å². The zero-order valence-corrected chi connectivity index (χ0v) is 14.7. The van der Waals surface area contributed by atoms with Gasteiger partial charge in [0.25, 0.3) is 0 Å². The van der Waals surface area contributed by atoms with Crippen LogP contribution in [0.15, 0.2) is 40.9 Å². The van der Waals surface area contributed by atoms with Gasteiger partial charge < -0.3 is 14.9 Å². The van der Waals surface area contributed by atoms with Crippen LogP contribution in [-0.2, 0) is 0 Å². The monoisotopic (exact) mass is 336 g/mol. The molecule has 0 spiro atoms. The van der Waals surface area contributed by atoms with Crippen LogP contribution in [0.25, 0.3) is 11.1 Å². The average molecular weight is 336 g/mol. The van der Waals surface area contributed by atoms with E-state index < -0.39 is 5.97 Å². The maximum Gasteiger partial charge on any atom is 0.337 e. The molecule has 128 valence electrons. The number of anilines is 2. The smallest absolute Gasteiger partial charge is 0.337 e. The topological polar surface area (TPSA) is 75.4 Å². The van der Waals surface area contributed by atoms with Gasteiger partial charge in [0.2, 0.25) is 0 Å². The summed E-state index contributed by atoms with van der Waals surface area (Å²) in [6.45, 7) is 7.84. The van der Waals surface area contributed by atoms with Crippen molar-refractivity contribution in [3.63, 3.8) is 0 Å². The molecule has 3 rings (SSSR count). The molecule has 1 aromatic heterocycles. The van der Waals surface area contributed by atoms with Crippen LogP contribution in [0.1, 0.15) is 32.9 Å². The van der Waals surface area contributed by atoms with E-state index in [0.29, 0.717) is 5.69 Å². The van der Waals surface area contributed by atoms with Crippen molar-refractivity contribution in [2.45, 2.75) is 27.7 Å². The van der Waals surface area contributed by atoms with Crippen molar-refractivity contribution in [3.05, 3.63) is 64.5 Å². The molecular weight excluding hydrogens is 316 g/mol. The number of benzene rings is 2. The number of aryl methyl sites for hydroxylation is 4. The molecule has 5 nitrogen and oxygen atoms in total. The molecule has 0 bridgehead atoms. The molecule has 0 saturated heterocycles. The van der Waals surface area contributed by atoms with Crippen LogP contribution in [0, 0.1) is 27.7 Å². The van der Waals surface area contributed by atoms with E-state index in [2.05, 4.69) is 16.5 Å². The molecule has 0 radical (unpaired) electrons. The molecule has 2 aromatic carbocycles. The molecule has 3 aromatic rings. The van der Waals surface area contributed by atoms with Crippen LogP contribution >= 0.6 is 0 Å². The number of carboxylic acid groups (broad SMARTS) is 1. The zero-order chi connectivity index (χ0) is 18.1. The van der Waals surface area contributed by atoms with E-state index in [1.807, 2.05) is 39.8 Å². The van der Waals surface area contributed by atoms with Crippen LogP contribution in [-0.4, -0.2) is 16.2 Å². The largest absolute Gasteiger partial charge is 0.478 e. The van der Waals surface area contributed by atoms with E-state index in [-0.39, 0.29) is 5.56 Å². The third-order valence-electron chi connectivity index (χ3n) is 4.30. The Balaban J connectivity index is 2.04. The molecule has 2 N–H and O–H groups in total. The van der Waals surface area contributed by atoms with Gasteiger partial charge in [0.15, 0.2) is 0 Å². The number of nitrogens with one attached hydrogen (secondary N) is 1. The molecule has 1 heterocycles. The fraction of sp³-hybridized carbons (Fsp3) is 0.200. The van der Waals surface area contributed by atoms with Gasteiger partial charge in [0.05, 0.1) is 16.9 Å². The average Bonchev–Trinajstić information content (AvgIpc) is 2.90. The Morgan fingerprint density at radius 2 is 1.76 bits per heavy atom. The minimum absolute atomic E-state index is 0.245. The van der Waals surface area contributed by atoms with E-state index in [9.17, 15) is 9.90 Å². The van der Waals surface area contributed by atoms with Crippen molar-refractivity contribution in [1.82, 2.24) is 5.16 Å². The summed E-state index contributed by atoms with van der Waals surface area (Å²) in [6.07, 6.45) is 0. The van der Waals surface area contributed by atoms with Gasteiger partial charge >= 0.3 is 5.97 Å². The second kappa shape index (κ2) is 6.43. The maximum absolute atomic E-state index is 11.4. The van der Waals surface area contributed by atoms with Crippen LogP contribution in [0.5, 0.6) is 0 Å². The highest BCUT2D eigenvalue weighted by atomic mass is 16.5. The molecule has 5 heteroatoms. The van der Waals surface area contributed by atoms with Crippen molar-refractivity contribution < 1.29 is 14.4 Å². The number of carbonyl (C=O) groups is 1. The second-order valence-corrected chi connectivity index (χ2v) is 6.16. The van der Waals surface area contributed by atoms with Gasteiger partial charge in [-0.2, -0.15) is 0 Å². The lowest BCUT2D eigenvalue weighted by Gasteiger charge is -2.15. The molecular formula is C20H20N2O3. The molecule has 0 aliphatic rings. The number of aromatic carboxylic acids is 1. The van der Waals surface area contributed by atoms with Crippen molar-refractivity contribution >= 4 is 17.3 Å². The number of para-hydroxylation sites is 1. The zero-order valence-electron chi connectivity index (χ0n) is 14.7. The molecule has 0 aliphatic heterocycles. The van der Waals surface area contributed by atoms with Crippen LogP contribution in [0.4, 0.5) is 11.4 Å². The number of nitrogens with zero attached hydrogens (tertiary/aromatic N) is 1. The van der Waals surface area contributed by atoms with Gasteiger partial charge in [-0.3, -0.25) is 0 Å². The first kappa shape index (κ1) is 16.8. The summed E-state index contributed by atoms with van der Waals surface area (Å²) >= 11 is 0. The molecule has 0 unspecified atom stereocenters. The van der Waals surface area contributed by atoms with Gasteiger partial charge in [-0.15, -0.1) is 0 Å². The fourth-order valence-electron chi connectivity index (χ4n) is 3.01. The molecule has 25 heavy (non-hydrogen) atoms. The summed E-state index contributed by atoms with van der Waals surface area (Å²) in [5, 5.41) is 16.6. The Hall–Kier alpha value is -3.08. The predicted octanol–water partition coefficient (Wildman–Crippen LogP) is 5.02. The van der Waals surface area contributed by atoms with Crippen molar-refractivity contribution in [2.24, 2.45) is 0 Å². The lowest BCUT2D eigenvalue weighted by molar-refractivity contribution is 0.0698. The number of carboxylic acids is 1. The first-order chi connectivity index (χ1) is 11.9. The standard InChI is InChI=1S/C20H20N2O3/c1-11-10-18(21-17-8-6-5-7-15(17)20(23)24)12(2)9-16(11)19-13(3)22-25-14(19)4/h5-10,21H,1-4H3,(H,23,24). The maximum atomic E-state index is 11.4. The van der Waals surface area contributed by atoms with Gasteiger partial charge in [-0.25, -0.2) is 4.79 Å². The normalized spacial score (nSPS) is 10.7. The highest BCUT2D eigenvalue weighted by molar-refractivity contribution is 5.95. The summed E-state index contributed by atoms with van der Waals surface area (Å²) in [6, 6.07) is 11.0. The Morgan fingerprint density at radius 1 is 1.04 bits per heavy atom. The number of rotatable bonds is 4. The minimum Gasteiger partial charge on any atom is -0.478 e. The van der Waals surface area contributed by atoms with Crippen LogP contribution in [0.2, 0.25) is 0 Å². The van der Waals surface area contributed by atoms with E-state index in [1.165, 1.54) is 0 Å². The van der Waals surface area contributed by atoms with E-state index in [1.54, 1.807) is 18.2 Å².